The fraction of sp³-hybridized carbons (Fsp3) is 0.643. The molecule has 0 radical (unpaired) electrons. The predicted molar refractivity (Wildman–Crippen MR) is 143 cm³/mol. The zero-order valence-electron chi connectivity index (χ0n) is 22.9. The molecule has 0 spiro atoms. The maximum atomic E-state index is 13.1. The molecule has 38 heavy (non-hydrogen) atoms. The molecule has 1 aliphatic carbocycles. The van der Waals surface area contributed by atoms with Crippen molar-refractivity contribution in [3.63, 3.8) is 0 Å². The molecule has 1 aromatic carbocycles. The maximum Gasteiger partial charge on any atom is 0.410 e. The minimum absolute atomic E-state index is 0.225. The normalized spacial score (nSPS) is 25.5. The zero-order valence-corrected chi connectivity index (χ0v) is 22.9. The molecular weight excluding hydrogens is 486 g/mol. The number of carbonyl (C=O) groups excluding carboxylic acids is 3. The number of benzene rings is 1. The van der Waals surface area contributed by atoms with E-state index in [9.17, 15) is 19.2 Å². The van der Waals surface area contributed by atoms with E-state index in [1.807, 2.05) is 31.7 Å². The average molecular weight is 526 g/mol. The summed E-state index contributed by atoms with van der Waals surface area (Å²) in [7, 11) is 1.74. The van der Waals surface area contributed by atoms with Gasteiger partial charge in [0.1, 0.15) is 11.6 Å². The van der Waals surface area contributed by atoms with Gasteiger partial charge in [0.05, 0.1) is 11.0 Å². The highest BCUT2D eigenvalue weighted by atomic mass is 16.6. The summed E-state index contributed by atoms with van der Waals surface area (Å²) in [6, 6.07) is 6.01. The van der Waals surface area contributed by atoms with E-state index >= 15 is 0 Å². The molecule has 1 saturated carbocycles. The summed E-state index contributed by atoms with van der Waals surface area (Å²) >= 11 is 0. The van der Waals surface area contributed by atoms with Gasteiger partial charge in [-0.25, -0.2) is 9.59 Å². The van der Waals surface area contributed by atoms with Crippen LogP contribution in [0.2, 0.25) is 0 Å². The van der Waals surface area contributed by atoms with Crippen LogP contribution in [0.3, 0.4) is 0 Å². The van der Waals surface area contributed by atoms with Crippen molar-refractivity contribution in [2.45, 2.75) is 82.9 Å². The first-order chi connectivity index (χ1) is 18.0. The summed E-state index contributed by atoms with van der Waals surface area (Å²) in [5.74, 6) is -0.278. The van der Waals surface area contributed by atoms with Crippen LogP contribution in [0.5, 0.6) is 0 Å². The van der Waals surface area contributed by atoms with Crippen molar-refractivity contribution in [3.05, 3.63) is 34.2 Å². The molecule has 0 bridgehead atoms. The lowest BCUT2D eigenvalue weighted by atomic mass is 9.81. The number of hydrogen-bond donors (Lipinski definition) is 1. The third-order valence-corrected chi connectivity index (χ3v) is 8.29. The number of amides is 3. The van der Waals surface area contributed by atoms with E-state index in [1.165, 1.54) is 10.1 Å². The van der Waals surface area contributed by atoms with Gasteiger partial charge in [0, 0.05) is 45.7 Å². The van der Waals surface area contributed by atoms with Crippen LogP contribution in [0.1, 0.15) is 76.8 Å². The van der Waals surface area contributed by atoms with Gasteiger partial charge in [-0.2, -0.15) is 0 Å². The Kier molecular flexibility index (Phi) is 7.11. The quantitative estimate of drug-likeness (QED) is 0.618. The number of rotatable bonds is 3. The van der Waals surface area contributed by atoms with E-state index in [4.69, 9.17) is 4.74 Å². The van der Waals surface area contributed by atoms with E-state index in [0.717, 1.165) is 49.8 Å². The minimum Gasteiger partial charge on any atom is -0.444 e. The second-order valence-corrected chi connectivity index (χ2v) is 11.9. The second kappa shape index (κ2) is 10.2. The predicted octanol–water partition coefficient (Wildman–Crippen LogP) is 2.90. The smallest absolute Gasteiger partial charge is 0.410 e. The lowest BCUT2D eigenvalue weighted by Crippen LogP contribution is -2.53. The van der Waals surface area contributed by atoms with Gasteiger partial charge in [-0.15, -0.1) is 0 Å². The van der Waals surface area contributed by atoms with Gasteiger partial charge < -0.3 is 9.64 Å². The molecule has 5 rings (SSSR count). The molecular formula is C28H39N5O5. The molecule has 3 fully saturated rings. The van der Waals surface area contributed by atoms with Crippen molar-refractivity contribution < 1.29 is 19.1 Å². The first-order valence-corrected chi connectivity index (χ1v) is 13.8. The Morgan fingerprint density at radius 3 is 2.26 bits per heavy atom. The fourth-order valence-corrected chi connectivity index (χ4v) is 6.23. The minimum atomic E-state index is -0.666. The fourth-order valence-electron chi connectivity index (χ4n) is 6.23. The lowest BCUT2D eigenvalue weighted by Gasteiger charge is -2.42. The number of piperazine rings is 1. The number of piperidine rings is 1. The average Bonchev–Trinajstić information content (AvgIpc) is 3.12. The summed E-state index contributed by atoms with van der Waals surface area (Å²) in [5, 5.41) is 2.36. The summed E-state index contributed by atoms with van der Waals surface area (Å²) in [4.78, 5) is 53.8. The summed E-state index contributed by atoms with van der Waals surface area (Å²) < 4.78 is 8.67. The molecule has 1 unspecified atom stereocenters. The van der Waals surface area contributed by atoms with Crippen molar-refractivity contribution in [1.82, 2.24) is 24.3 Å². The van der Waals surface area contributed by atoms with Gasteiger partial charge in [0.2, 0.25) is 11.8 Å². The first-order valence-electron chi connectivity index (χ1n) is 13.8. The summed E-state index contributed by atoms with van der Waals surface area (Å²) in [6.07, 6.45) is 4.70. The second-order valence-electron chi connectivity index (χ2n) is 11.9. The largest absolute Gasteiger partial charge is 0.444 e. The molecule has 206 valence electrons. The number of carbonyl (C=O) groups is 3. The molecule has 3 heterocycles. The standard InChI is InChI=1S/C28H39N5O5/c1-28(2,3)38-27(37)32-15-13-31(14-16-32)20-8-5-18(6-9-20)19-7-10-21-23(17-19)30(4)26(36)33(21)22-11-12-24(34)29-25(22)35/h7,10,17-18,20,22H,5-6,8-9,11-16H2,1-4H3,(H,29,34,35)/t18-,20-,22?. The summed E-state index contributed by atoms with van der Waals surface area (Å²) in [5.41, 5.74) is 2.06. The van der Waals surface area contributed by atoms with E-state index in [-0.39, 0.29) is 24.1 Å². The van der Waals surface area contributed by atoms with Crippen molar-refractivity contribution >= 4 is 28.9 Å². The van der Waals surface area contributed by atoms with Crippen LogP contribution in [0.4, 0.5) is 4.79 Å². The SMILES string of the molecule is Cn1c(=O)n(C2CCC(=O)NC2=O)c2ccc([C@H]3CC[C@H](N4CCN(C(=O)OC(C)(C)C)CC4)CC3)cc21. The van der Waals surface area contributed by atoms with Crippen LogP contribution in [-0.2, 0) is 21.4 Å². The third kappa shape index (κ3) is 5.23. The molecule has 2 saturated heterocycles. The molecule has 1 N–H and O–H groups in total. The maximum absolute atomic E-state index is 13.1. The van der Waals surface area contributed by atoms with Crippen molar-refractivity contribution in [3.8, 4) is 0 Å². The molecule has 10 nitrogen and oxygen atoms in total. The Morgan fingerprint density at radius 1 is 0.947 bits per heavy atom. The van der Waals surface area contributed by atoms with Gasteiger partial charge >= 0.3 is 11.8 Å². The van der Waals surface area contributed by atoms with Crippen LogP contribution < -0.4 is 11.0 Å². The highest BCUT2D eigenvalue weighted by molar-refractivity contribution is 6.00. The summed E-state index contributed by atoms with van der Waals surface area (Å²) in [6.45, 7) is 8.82. The van der Waals surface area contributed by atoms with Gasteiger partial charge in [-0.3, -0.25) is 28.9 Å². The van der Waals surface area contributed by atoms with Crippen LogP contribution in [0.25, 0.3) is 11.0 Å². The number of hydrogen-bond acceptors (Lipinski definition) is 6. The number of fused-ring (bicyclic) bond motifs is 1. The highest BCUT2D eigenvalue weighted by Gasteiger charge is 2.33. The van der Waals surface area contributed by atoms with Crippen LogP contribution in [0.15, 0.2) is 23.0 Å². The Labute approximate surface area is 222 Å². The number of nitrogens with zero attached hydrogens (tertiary/aromatic N) is 4. The number of imidazole rings is 1. The zero-order chi connectivity index (χ0) is 27.2. The van der Waals surface area contributed by atoms with Crippen molar-refractivity contribution in [2.75, 3.05) is 26.2 Å². The number of ether oxygens (including phenoxy) is 1. The molecule has 1 aromatic heterocycles. The number of aryl methyl sites for hydroxylation is 1. The molecule has 2 aromatic rings. The monoisotopic (exact) mass is 525 g/mol. The molecule has 3 aliphatic rings. The Morgan fingerprint density at radius 2 is 1.63 bits per heavy atom. The number of imide groups is 1. The van der Waals surface area contributed by atoms with E-state index < -0.39 is 17.6 Å². The topological polar surface area (TPSA) is 106 Å². The van der Waals surface area contributed by atoms with E-state index in [0.29, 0.717) is 31.5 Å². The van der Waals surface area contributed by atoms with Crippen LogP contribution in [-0.4, -0.2) is 74.7 Å². The number of nitrogens with one attached hydrogen (secondary N) is 1. The van der Waals surface area contributed by atoms with E-state index in [1.54, 1.807) is 11.6 Å². The van der Waals surface area contributed by atoms with Crippen LogP contribution >= 0.6 is 0 Å². The van der Waals surface area contributed by atoms with Crippen LogP contribution in [0, 0.1) is 0 Å². The molecule has 10 heteroatoms. The highest BCUT2D eigenvalue weighted by Crippen LogP contribution is 2.36. The van der Waals surface area contributed by atoms with Gasteiger partial charge in [0.15, 0.2) is 0 Å². The lowest BCUT2D eigenvalue weighted by molar-refractivity contribution is -0.135. The Bertz CT molecular complexity index is 1290. The molecule has 3 amide bonds. The first kappa shape index (κ1) is 26.5. The van der Waals surface area contributed by atoms with Gasteiger partial charge in [-0.1, -0.05) is 6.07 Å². The van der Waals surface area contributed by atoms with Gasteiger partial charge in [0.25, 0.3) is 0 Å². The van der Waals surface area contributed by atoms with Gasteiger partial charge in [-0.05, 0) is 76.5 Å². The molecule has 2 aliphatic heterocycles. The van der Waals surface area contributed by atoms with Crippen molar-refractivity contribution in [2.24, 2.45) is 7.05 Å². The van der Waals surface area contributed by atoms with Crippen molar-refractivity contribution in [1.29, 1.82) is 0 Å². The van der Waals surface area contributed by atoms with E-state index in [2.05, 4.69) is 22.3 Å². The molecule has 1 atom stereocenters. The Hall–Kier alpha value is -3.14. The number of aromatic nitrogens is 2. The third-order valence-electron chi connectivity index (χ3n) is 8.29. The Balaban J connectivity index is 1.22.